The zero-order valence-electron chi connectivity index (χ0n) is 11.9. The van der Waals surface area contributed by atoms with Crippen LogP contribution >= 0.6 is 0 Å². The van der Waals surface area contributed by atoms with Gasteiger partial charge in [-0.15, -0.1) is 10.2 Å². The van der Waals surface area contributed by atoms with Crippen LogP contribution in [0.5, 0.6) is 0 Å². The Kier molecular flexibility index (Phi) is 5.22. The van der Waals surface area contributed by atoms with Crippen LogP contribution in [0, 0.1) is 6.92 Å². The third kappa shape index (κ3) is 4.53. The lowest BCUT2D eigenvalue weighted by Crippen LogP contribution is -2.26. The Balaban J connectivity index is 1.87. The van der Waals surface area contributed by atoms with Crippen molar-refractivity contribution in [2.24, 2.45) is 0 Å². The monoisotopic (exact) mass is 291 g/mol. The lowest BCUT2D eigenvalue weighted by molar-refractivity contribution is 0.0942. The Morgan fingerprint density at radius 2 is 2.19 bits per heavy atom. The summed E-state index contributed by atoms with van der Waals surface area (Å²) in [7, 11) is 1.62. The molecule has 2 aromatic rings. The topological polar surface area (TPSA) is 102 Å². The van der Waals surface area contributed by atoms with Crippen LogP contribution in [0.4, 0.5) is 11.6 Å². The van der Waals surface area contributed by atoms with E-state index in [0.29, 0.717) is 30.5 Å². The van der Waals surface area contributed by atoms with Crippen molar-refractivity contribution < 1.29 is 14.1 Å². The van der Waals surface area contributed by atoms with Crippen LogP contribution in [0.15, 0.2) is 22.7 Å². The molecule has 0 bridgehead atoms. The average Bonchev–Trinajstić information content (AvgIpc) is 2.89. The molecule has 0 saturated heterocycles. The van der Waals surface area contributed by atoms with E-state index in [1.165, 1.54) is 0 Å². The van der Waals surface area contributed by atoms with Gasteiger partial charge >= 0.3 is 0 Å². The first-order valence-corrected chi connectivity index (χ1v) is 6.50. The van der Waals surface area contributed by atoms with Gasteiger partial charge in [0.15, 0.2) is 17.3 Å². The summed E-state index contributed by atoms with van der Waals surface area (Å²) in [4.78, 5) is 11.8. The molecule has 2 heterocycles. The molecule has 0 atom stereocenters. The van der Waals surface area contributed by atoms with Gasteiger partial charge in [-0.3, -0.25) is 4.79 Å². The largest absolute Gasteiger partial charge is 0.385 e. The van der Waals surface area contributed by atoms with Crippen LogP contribution in [-0.4, -0.2) is 41.5 Å². The van der Waals surface area contributed by atoms with Crippen molar-refractivity contribution in [2.75, 3.05) is 25.6 Å². The summed E-state index contributed by atoms with van der Waals surface area (Å²) >= 11 is 0. The number of methoxy groups -OCH3 is 1. The first-order chi connectivity index (χ1) is 10.2. The molecule has 0 aliphatic rings. The lowest BCUT2D eigenvalue weighted by Gasteiger charge is -2.04. The molecule has 8 nitrogen and oxygen atoms in total. The minimum absolute atomic E-state index is 0.259. The number of carbonyl (C=O) groups excluding carboxylic acids is 1. The maximum Gasteiger partial charge on any atom is 0.271 e. The summed E-state index contributed by atoms with van der Waals surface area (Å²) in [6.07, 6.45) is 0.751. The highest BCUT2D eigenvalue weighted by Gasteiger charge is 2.08. The van der Waals surface area contributed by atoms with E-state index in [9.17, 15) is 4.79 Å². The second-order valence-corrected chi connectivity index (χ2v) is 4.35. The molecular weight excluding hydrogens is 274 g/mol. The van der Waals surface area contributed by atoms with Gasteiger partial charge in [0.1, 0.15) is 5.76 Å². The Labute approximate surface area is 121 Å². The van der Waals surface area contributed by atoms with E-state index < -0.39 is 0 Å². The number of aryl methyl sites for hydroxylation is 1. The third-order valence-corrected chi connectivity index (χ3v) is 2.59. The van der Waals surface area contributed by atoms with E-state index in [-0.39, 0.29) is 11.6 Å². The van der Waals surface area contributed by atoms with Crippen LogP contribution in [0.1, 0.15) is 22.7 Å². The molecule has 1 amide bonds. The van der Waals surface area contributed by atoms with Crippen molar-refractivity contribution >= 4 is 17.5 Å². The smallest absolute Gasteiger partial charge is 0.271 e. The number of ether oxygens (including phenoxy) is 1. The van der Waals surface area contributed by atoms with Crippen molar-refractivity contribution in [3.05, 3.63) is 29.7 Å². The van der Waals surface area contributed by atoms with E-state index in [0.717, 1.165) is 6.42 Å². The maximum atomic E-state index is 11.8. The number of anilines is 2. The molecule has 2 rings (SSSR count). The second kappa shape index (κ2) is 7.34. The molecule has 0 aliphatic carbocycles. The molecule has 0 unspecified atom stereocenters. The van der Waals surface area contributed by atoms with Crippen molar-refractivity contribution in [3.63, 3.8) is 0 Å². The molecule has 8 heteroatoms. The second-order valence-electron chi connectivity index (χ2n) is 4.35. The van der Waals surface area contributed by atoms with E-state index in [2.05, 4.69) is 26.0 Å². The molecule has 2 aromatic heterocycles. The molecule has 0 aliphatic heterocycles. The molecule has 112 valence electrons. The molecule has 21 heavy (non-hydrogen) atoms. The van der Waals surface area contributed by atoms with Crippen molar-refractivity contribution in [3.8, 4) is 0 Å². The number of aromatic nitrogens is 3. The van der Waals surface area contributed by atoms with Gasteiger partial charge in [0, 0.05) is 26.3 Å². The standard InChI is InChI=1S/C13H17N5O3/c1-9-8-12(18-21-9)15-11-5-4-10(16-17-11)13(19)14-6-3-7-20-2/h4-5,8H,3,6-7H2,1-2H3,(H,14,19)(H,15,17,18). The van der Waals surface area contributed by atoms with Gasteiger partial charge in [0.2, 0.25) is 0 Å². The summed E-state index contributed by atoms with van der Waals surface area (Å²) in [5.74, 6) is 1.46. The number of hydrogen-bond donors (Lipinski definition) is 2. The summed E-state index contributed by atoms with van der Waals surface area (Å²) < 4.78 is 9.83. The number of nitrogens with one attached hydrogen (secondary N) is 2. The van der Waals surface area contributed by atoms with Crippen LogP contribution in [0.3, 0.4) is 0 Å². The van der Waals surface area contributed by atoms with Crippen molar-refractivity contribution in [1.29, 1.82) is 0 Å². The highest BCUT2D eigenvalue weighted by Crippen LogP contribution is 2.13. The fraction of sp³-hybridized carbons (Fsp3) is 0.385. The quantitative estimate of drug-likeness (QED) is 0.741. The van der Waals surface area contributed by atoms with Gasteiger partial charge < -0.3 is 19.9 Å². The Morgan fingerprint density at radius 1 is 1.33 bits per heavy atom. The average molecular weight is 291 g/mol. The normalized spacial score (nSPS) is 10.4. The first-order valence-electron chi connectivity index (χ1n) is 6.50. The molecule has 0 radical (unpaired) electrons. The van der Waals surface area contributed by atoms with Gasteiger partial charge in [0.05, 0.1) is 0 Å². The summed E-state index contributed by atoms with van der Waals surface area (Å²) in [5, 5.41) is 17.2. The minimum atomic E-state index is -0.262. The van der Waals surface area contributed by atoms with Gasteiger partial charge in [-0.25, -0.2) is 0 Å². The van der Waals surface area contributed by atoms with Crippen molar-refractivity contribution in [1.82, 2.24) is 20.7 Å². The molecular formula is C13H17N5O3. The Hall–Kier alpha value is -2.48. The first kappa shape index (κ1) is 14.9. The van der Waals surface area contributed by atoms with Crippen LogP contribution < -0.4 is 10.6 Å². The summed E-state index contributed by atoms with van der Waals surface area (Å²) in [6, 6.07) is 4.98. The molecule has 0 spiro atoms. The van der Waals surface area contributed by atoms with Crippen molar-refractivity contribution in [2.45, 2.75) is 13.3 Å². The summed E-state index contributed by atoms with van der Waals surface area (Å²) in [6.45, 7) is 2.93. The predicted molar refractivity (Wildman–Crippen MR) is 75.4 cm³/mol. The molecule has 2 N–H and O–H groups in total. The fourth-order valence-electron chi connectivity index (χ4n) is 1.59. The predicted octanol–water partition coefficient (Wildman–Crippen LogP) is 1.28. The van der Waals surface area contributed by atoms with Gasteiger partial charge in [-0.05, 0) is 25.5 Å². The van der Waals surface area contributed by atoms with Crippen LogP contribution in [-0.2, 0) is 4.74 Å². The van der Waals surface area contributed by atoms with E-state index in [1.54, 1.807) is 32.2 Å². The number of nitrogens with zero attached hydrogens (tertiary/aromatic N) is 3. The number of hydrogen-bond acceptors (Lipinski definition) is 7. The lowest BCUT2D eigenvalue weighted by atomic mass is 10.3. The van der Waals surface area contributed by atoms with E-state index >= 15 is 0 Å². The Bertz CT molecular complexity index is 582. The molecule has 0 fully saturated rings. The third-order valence-electron chi connectivity index (χ3n) is 2.59. The van der Waals surface area contributed by atoms with E-state index in [1.807, 2.05) is 0 Å². The zero-order chi connectivity index (χ0) is 15.1. The highest BCUT2D eigenvalue weighted by atomic mass is 16.5. The van der Waals surface area contributed by atoms with E-state index in [4.69, 9.17) is 9.26 Å². The summed E-state index contributed by atoms with van der Waals surface area (Å²) in [5.41, 5.74) is 0.259. The zero-order valence-corrected chi connectivity index (χ0v) is 11.9. The number of carbonyl (C=O) groups is 1. The Morgan fingerprint density at radius 3 is 2.81 bits per heavy atom. The van der Waals surface area contributed by atoms with Gasteiger partial charge in [0.25, 0.3) is 5.91 Å². The molecule has 0 aromatic carbocycles. The van der Waals surface area contributed by atoms with Gasteiger partial charge in [-0.1, -0.05) is 5.16 Å². The maximum absolute atomic E-state index is 11.8. The highest BCUT2D eigenvalue weighted by molar-refractivity contribution is 5.92. The fourth-order valence-corrected chi connectivity index (χ4v) is 1.59. The number of amides is 1. The SMILES string of the molecule is COCCCNC(=O)c1ccc(Nc2cc(C)on2)nn1. The molecule has 0 saturated carbocycles. The van der Waals surface area contributed by atoms with Gasteiger partial charge in [-0.2, -0.15) is 0 Å². The number of rotatable bonds is 7. The van der Waals surface area contributed by atoms with Crippen LogP contribution in [0.25, 0.3) is 0 Å². The minimum Gasteiger partial charge on any atom is -0.385 e. The van der Waals surface area contributed by atoms with Crippen LogP contribution in [0.2, 0.25) is 0 Å².